The highest BCUT2D eigenvalue weighted by Gasteiger charge is 2.16. The van der Waals surface area contributed by atoms with Crippen LogP contribution in [-0.2, 0) is 11.3 Å². The summed E-state index contributed by atoms with van der Waals surface area (Å²) < 4.78 is 0. The second kappa shape index (κ2) is 16.7. The molecule has 32 heavy (non-hydrogen) atoms. The maximum Gasteiger partial charge on any atom is 0.223 e. The van der Waals surface area contributed by atoms with E-state index in [4.69, 9.17) is 12.2 Å². The molecule has 1 amide bonds. The van der Waals surface area contributed by atoms with Gasteiger partial charge in [-0.15, -0.1) is 6.42 Å². The average Bonchev–Trinajstić information content (AvgIpc) is 3.23. The zero-order valence-electron chi connectivity index (χ0n) is 20.9. The maximum atomic E-state index is 12.4. The van der Waals surface area contributed by atoms with Gasteiger partial charge in [-0.1, -0.05) is 72.6 Å². The van der Waals surface area contributed by atoms with Crippen molar-refractivity contribution in [2.24, 2.45) is 11.7 Å². The van der Waals surface area contributed by atoms with Crippen LogP contribution in [-0.4, -0.2) is 27.3 Å². The smallest absolute Gasteiger partial charge is 0.223 e. The Bertz CT molecular complexity index is 828. The van der Waals surface area contributed by atoms with Gasteiger partial charge in [0.2, 0.25) is 5.91 Å². The van der Waals surface area contributed by atoms with Crippen LogP contribution in [0, 0.1) is 18.3 Å². The van der Waals surface area contributed by atoms with Gasteiger partial charge in [-0.25, -0.2) is 4.98 Å². The summed E-state index contributed by atoms with van der Waals surface area (Å²) in [6.07, 6.45) is 10.8. The SMILES string of the molecule is C#Cc1ccc(-c2cnc(CN(CCC)C(=O)CC(C)C)[nH]2)cc1.C=C(N)CCC.CC. The molecule has 2 aromatic rings. The summed E-state index contributed by atoms with van der Waals surface area (Å²) >= 11 is 0. The minimum atomic E-state index is 0.183. The van der Waals surface area contributed by atoms with Gasteiger partial charge in [-0.3, -0.25) is 4.79 Å². The summed E-state index contributed by atoms with van der Waals surface area (Å²) in [5, 5.41) is 0. The van der Waals surface area contributed by atoms with Gasteiger partial charge in [0, 0.05) is 24.2 Å². The van der Waals surface area contributed by atoms with Gasteiger partial charge in [-0.05, 0) is 36.5 Å². The summed E-state index contributed by atoms with van der Waals surface area (Å²) in [6, 6.07) is 7.76. The third-order valence-electron chi connectivity index (χ3n) is 4.33. The molecule has 0 saturated heterocycles. The van der Waals surface area contributed by atoms with Crippen molar-refractivity contribution in [2.45, 2.75) is 73.8 Å². The van der Waals surface area contributed by atoms with Crippen molar-refractivity contribution in [1.82, 2.24) is 14.9 Å². The van der Waals surface area contributed by atoms with Crippen LogP contribution in [0.5, 0.6) is 0 Å². The monoisotopic (exact) mass is 438 g/mol. The number of nitrogens with zero attached hydrogens (tertiary/aromatic N) is 2. The van der Waals surface area contributed by atoms with Crippen LogP contribution in [0.4, 0.5) is 0 Å². The van der Waals surface area contributed by atoms with E-state index in [0.717, 1.165) is 54.1 Å². The third kappa shape index (κ3) is 11.4. The normalized spacial score (nSPS) is 9.69. The molecular formula is C27H42N4O. The lowest BCUT2D eigenvalue weighted by Gasteiger charge is -2.22. The van der Waals surface area contributed by atoms with Crippen LogP contribution in [0.25, 0.3) is 11.3 Å². The summed E-state index contributed by atoms with van der Waals surface area (Å²) in [5.74, 6) is 3.95. The molecule has 0 fully saturated rings. The lowest BCUT2D eigenvalue weighted by molar-refractivity contribution is -0.132. The van der Waals surface area contributed by atoms with Crippen LogP contribution >= 0.6 is 0 Å². The molecule has 5 nitrogen and oxygen atoms in total. The number of hydrogen-bond acceptors (Lipinski definition) is 3. The summed E-state index contributed by atoms with van der Waals surface area (Å²) in [5.41, 5.74) is 8.81. The van der Waals surface area contributed by atoms with E-state index in [0.29, 0.717) is 18.9 Å². The number of H-pyrrole nitrogens is 1. The molecule has 2 rings (SSSR count). The van der Waals surface area contributed by atoms with E-state index >= 15 is 0 Å². The number of carbonyl (C=O) groups excluding carboxylic acids is 1. The van der Waals surface area contributed by atoms with E-state index in [2.05, 4.69) is 50.2 Å². The Kier molecular flexibility index (Phi) is 15.1. The van der Waals surface area contributed by atoms with Crippen LogP contribution in [0.2, 0.25) is 0 Å². The van der Waals surface area contributed by atoms with Crippen molar-refractivity contribution >= 4 is 5.91 Å². The largest absolute Gasteiger partial charge is 0.403 e. The highest BCUT2D eigenvalue weighted by atomic mass is 16.2. The van der Waals surface area contributed by atoms with Gasteiger partial charge in [0.25, 0.3) is 0 Å². The molecule has 0 aliphatic carbocycles. The molecule has 0 radical (unpaired) electrons. The predicted molar refractivity (Wildman–Crippen MR) is 137 cm³/mol. The van der Waals surface area contributed by atoms with Crippen molar-refractivity contribution in [3.63, 3.8) is 0 Å². The number of hydrogen-bond donors (Lipinski definition) is 2. The highest BCUT2D eigenvalue weighted by molar-refractivity contribution is 5.76. The van der Waals surface area contributed by atoms with Gasteiger partial charge in [0.1, 0.15) is 5.82 Å². The number of rotatable bonds is 9. The Morgan fingerprint density at radius 3 is 2.28 bits per heavy atom. The summed E-state index contributed by atoms with van der Waals surface area (Å²) in [7, 11) is 0. The number of allylic oxidation sites excluding steroid dienone is 1. The lowest BCUT2D eigenvalue weighted by Crippen LogP contribution is -2.32. The fraction of sp³-hybridized carbons (Fsp3) is 0.481. The molecule has 176 valence electrons. The van der Waals surface area contributed by atoms with Crippen molar-refractivity contribution in [1.29, 1.82) is 0 Å². The quantitative estimate of drug-likeness (QED) is 0.463. The molecule has 5 heteroatoms. The predicted octanol–water partition coefficient (Wildman–Crippen LogP) is 6.13. The van der Waals surface area contributed by atoms with Gasteiger partial charge >= 0.3 is 0 Å². The van der Waals surface area contributed by atoms with E-state index in [9.17, 15) is 4.79 Å². The topological polar surface area (TPSA) is 75.0 Å². The molecule has 0 saturated carbocycles. The van der Waals surface area contributed by atoms with Crippen molar-refractivity contribution in [2.75, 3.05) is 6.54 Å². The van der Waals surface area contributed by atoms with Crippen molar-refractivity contribution < 1.29 is 4.79 Å². The zero-order valence-corrected chi connectivity index (χ0v) is 20.9. The van der Waals surface area contributed by atoms with Gasteiger partial charge < -0.3 is 15.6 Å². The molecular weight excluding hydrogens is 396 g/mol. The number of imidazole rings is 1. The number of nitrogens with one attached hydrogen (secondary N) is 1. The number of nitrogens with two attached hydrogens (primary N) is 1. The highest BCUT2D eigenvalue weighted by Crippen LogP contribution is 2.18. The number of benzene rings is 1. The van der Waals surface area contributed by atoms with Crippen LogP contribution in [0.1, 0.15) is 78.6 Å². The first-order valence-electron chi connectivity index (χ1n) is 11.6. The van der Waals surface area contributed by atoms with Crippen molar-refractivity contribution in [3.8, 4) is 23.6 Å². The molecule has 0 aliphatic heterocycles. The summed E-state index contributed by atoms with van der Waals surface area (Å²) in [6.45, 7) is 17.1. The first-order valence-corrected chi connectivity index (χ1v) is 11.6. The number of amides is 1. The zero-order chi connectivity index (χ0) is 24.5. The molecule has 1 aromatic heterocycles. The molecule has 0 unspecified atom stereocenters. The molecule has 3 N–H and O–H groups in total. The number of terminal acetylenes is 1. The molecule has 0 aliphatic rings. The van der Waals surface area contributed by atoms with Gasteiger partial charge in [0.05, 0.1) is 18.4 Å². The number of aromatic amines is 1. The molecule has 0 bridgehead atoms. The maximum absolute atomic E-state index is 12.4. The van der Waals surface area contributed by atoms with E-state index in [1.54, 1.807) is 6.20 Å². The number of aromatic nitrogens is 2. The number of carbonyl (C=O) groups is 1. The Hall–Kier alpha value is -3.00. The fourth-order valence-electron chi connectivity index (χ4n) is 2.88. The Labute approximate surface area is 195 Å². The lowest BCUT2D eigenvalue weighted by atomic mass is 10.1. The summed E-state index contributed by atoms with van der Waals surface area (Å²) in [4.78, 5) is 22.0. The van der Waals surface area contributed by atoms with E-state index in [1.165, 1.54) is 0 Å². The second-order valence-electron chi connectivity index (χ2n) is 7.79. The Morgan fingerprint density at radius 2 is 1.84 bits per heavy atom. The van der Waals surface area contributed by atoms with Crippen LogP contribution in [0.15, 0.2) is 42.7 Å². The van der Waals surface area contributed by atoms with Crippen LogP contribution < -0.4 is 5.73 Å². The van der Waals surface area contributed by atoms with Crippen LogP contribution in [0.3, 0.4) is 0 Å². The molecule has 0 spiro atoms. The first-order chi connectivity index (χ1) is 15.3. The average molecular weight is 439 g/mol. The van der Waals surface area contributed by atoms with E-state index in [1.807, 2.05) is 43.0 Å². The van der Waals surface area contributed by atoms with Gasteiger partial charge in [0.15, 0.2) is 0 Å². The van der Waals surface area contributed by atoms with Gasteiger partial charge in [-0.2, -0.15) is 0 Å². The molecule has 1 heterocycles. The molecule has 0 atom stereocenters. The van der Waals surface area contributed by atoms with Crippen molar-refractivity contribution in [3.05, 3.63) is 54.1 Å². The molecule has 1 aromatic carbocycles. The minimum absolute atomic E-state index is 0.183. The third-order valence-corrected chi connectivity index (χ3v) is 4.33. The Morgan fingerprint density at radius 1 is 1.22 bits per heavy atom. The first kappa shape index (κ1) is 29.0. The van der Waals surface area contributed by atoms with E-state index in [-0.39, 0.29) is 5.91 Å². The minimum Gasteiger partial charge on any atom is -0.403 e. The van der Waals surface area contributed by atoms with E-state index < -0.39 is 0 Å². The second-order valence-corrected chi connectivity index (χ2v) is 7.79. The Balaban J connectivity index is 0.00000104. The standard InChI is InChI=1S/C20H25N3O.C5H11N.C2H6/c1-5-11-23(20(24)12-15(3)4)14-19-21-13-18(22-19)17-9-7-16(6-2)8-10-17;1-3-4-5(2)6;1-2/h2,7-10,13,15H,5,11-12,14H2,1,3-4H3,(H,21,22);2-4,6H2,1H3;1-2H3. The fourth-order valence-corrected chi connectivity index (χ4v) is 2.88.